The van der Waals surface area contributed by atoms with E-state index in [1.54, 1.807) is 11.9 Å². The Hall–Kier alpha value is -1.95. The zero-order chi connectivity index (χ0) is 18.1. The normalized spacial score (nSPS) is 23.9. The van der Waals surface area contributed by atoms with Crippen LogP contribution in [-0.2, 0) is 20.4 Å². The Morgan fingerprint density at radius 2 is 1.60 bits per heavy atom. The van der Waals surface area contributed by atoms with Crippen LogP contribution in [0.3, 0.4) is 0 Å². The maximum atomic E-state index is 12.9. The fraction of sp³-hybridized carbons (Fsp3) is 0.350. The summed E-state index contributed by atoms with van der Waals surface area (Å²) in [6, 6.07) is 19.6. The first-order valence-electron chi connectivity index (χ1n) is 8.55. The minimum Gasteiger partial charge on any atom is -0.374 e. The fourth-order valence-electron chi connectivity index (χ4n) is 3.12. The number of ether oxygens (including phenoxy) is 1. The van der Waals surface area contributed by atoms with E-state index in [0.717, 1.165) is 11.1 Å². The van der Waals surface area contributed by atoms with E-state index in [2.05, 4.69) is 19.6 Å². The number of benzene rings is 2. The van der Waals surface area contributed by atoms with E-state index in [9.17, 15) is 4.79 Å². The van der Waals surface area contributed by atoms with Crippen molar-refractivity contribution in [2.24, 2.45) is 0 Å². The number of carbonyl (C=O) groups is 1. The lowest BCUT2D eigenvalue weighted by Crippen LogP contribution is -2.53. The minimum atomic E-state index is -1.97. The van der Waals surface area contributed by atoms with Gasteiger partial charge in [-0.25, -0.2) is 0 Å². The summed E-state index contributed by atoms with van der Waals surface area (Å²) in [5, 5.41) is 0. The average molecular weight is 356 g/mol. The molecule has 1 aliphatic heterocycles. The third kappa shape index (κ3) is 3.84. The van der Waals surface area contributed by atoms with E-state index in [0.29, 0.717) is 6.42 Å². The molecule has 0 spiro atoms. The lowest BCUT2D eigenvalue weighted by Gasteiger charge is -2.39. The van der Waals surface area contributed by atoms with Gasteiger partial charge in [0.05, 0.1) is 0 Å². The summed E-state index contributed by atoms with van der Waals surface area (Å²) >= 11 is 0. The van der Waals surface area contributed by atoms with Crippen molar-refractivity contribution in [2.75, 3.05) is 7.05 Å². The van der Waals surface area contributed by atoms with Crippen molar-refractivity contribution < 1.29 is 14.0 Å². The van der Waals surface area contributed by atoms with Crippen LogP contribution in [0.5, 0.6) is 0 Å². The van der Waals surface area contributed by atoms with Crippen molar-refractivity contribution in [3.63, 3.8) is 0 Å². The molecule has 1 fully saturated rings. The predicted octanol–water partition coefficient (Wildman–Crippen LogP) is 3.96. The Morgan fingerprint density at radius 3 is 2.16 bits per heavy atom. The van der Waals surface area contributed by atoms with Gasteiger partial charge in [-0.3, -0.25) is 9.69 Å². The van der Waals surface area contributed by atoms with Crippen LogP contribution >= 0.6 is 0 Å². The Kier molecular flexibility index (Phi) is 4.82. The maximum absolute atomic E-state index is 12.9. The molecular weight excluding hydrogens is 330 g/mol. The molecule has 1 aliphatic rings. The number of nitrogens with zero attached hydrogens (tertiary/aromatic N) is 1. The van der Waals surface area contributed by atoms with Crippen LogP contribution in [0.15, 0.2) is 60.7 Å². The third-order valence-electron chi connectivity index (χ3n) is 4.21. The molecule has 2 atom stereocenters. The van der Waals surface area contributed by atoms with Crippen LogP contribution in [0.25, 0.3) is 0 Å². The predicted molar refractivity (Wildman–Crippen MR) is 100 cm³/mol. The van der Waals surface area contributed by atoms with Crippen LogP contribution in [0, 0.1) is 0 Å². The molecular formula is C20H25NO3Si. The summed E-state index contributed by atoms with van der Waals surface area (Å²) in [5.41, 5.74) is 1.93. The summed E-state index contributed by atoms with van der Waals surface area (Å²) in [6.45, 7) is 6.33. The van der Waals surface area contributed by atoms with Crippen LogP contribution in [-0.4, -0.2) is 32.1 Å². The summed E-state index contributed by atoms with van der Waals surface area (Å²) < 4.78 is 12.8. The highest BCUT2D eigenvalue weighted by Gasteiger charge is 2.53. The van der Waals surface area contributed by atoms with Crippen molar-refractivity contribution in [2.45, 2.75) is 38.1 Å². The monoisotopic (exact) mass is 355 g/mol. The van der Waals surface area contributed by atoms with Gasteiger partial charge in [-0.15, -0.1) is 0 Å². The smallest absolute Gasteiger partial charge is 0.260 e. The second-order valence-electron chi connectivity index (χ2n) is 7.40. The fourth-order valence-corrected chi connectivity index (χ4v) is 4.33. The van der Waals surface area contributed by atoms with Crippen LogP contribution in [0.1, 0.15) is 17.2 Å². The zero-order valence-corrected chi connectivity index (χ0v) is 16.2. The lowest BCUT2D eigenvalue weighted by molar-refractivity contribution is -0.236. The first-order valence-corrected chi connectivity index (χ1v) is 12.0. The van der Waals surface area contributed by atoms with Gasteiger partial charge in [0.15, 0.2) is 14.4 Å². The molecule has 0 aliphatic carbocycles. The average Bonchev–Trinajstić information content (AvgIpc) is 2.80. The van der Waals surface area contributed by atoms with Gasteiger partial charge >= 0.3 is 0 Å². The molecule has 0 aromatic heterocycles. The van der Waals surface area contributed by atoms with Crippen LogP contribution in [0.4, 0.5) is 0 Å². The lowest BCUT2D eigenvalue weighted by atomic mass is 10.1. The molecule has 3 rings (SSSR count). The summed E-state index contributed by atoms with van der Waals surface area (Å²) in [4.78, 5) is 14.6. The van der Waals surface area contributed by atoms with Crippen molar-refractivity contribution in [1.29, 1.82) is 0 Å². The number of likely N-dealkylation sites (N-methyl/N-ethyl adjacent to an activating group) is 1. The molecule has 2 aromatic carbocycles. The van der Waals surface area contributed by atoms with E-state index >= 15 is 0 Å². The van der Waals surface area contributed by atoms with Gasteiger partial charge in [0.25, 0.3) is 5.91 Å². The van der Waals surface area contributed by atoms with Gasteiger partial charge in [-0.2, -0.15) is 0 Å². The van der Waals surface area contributed by atoms with Gasteiger partial charge in [-0.1, -0.05) is 60.7 Å². The van der Waals surface area contributed by atoms with Gasteiger partial charge in [0.1, 0.15) is 0 Å². The summed E-state index contributed by atoms with van der Waals surface area (Å²) in [6.07, 6.45) is -0.129. The van der Waals surface area contributed by atoms with E-state index in [4.69, 9.17) is 9.16 Å². The van der Waals surface area contributed by atoms with Gasteiger partial charge in [0, 0.05) is 13.5 Å². The summed E-state index contributed by atoms with van der Waals surface area (Å²) in [5.74, 6) is -1.14. The second-order valence-corrected chi connectivity index (χ2v) is 11.8. The molecule has 1 heterocycles. The molecule has 4 nitrogen and oxygen atoms in total. The number of rotatable bonds is 5. The van der Waals surface area contributed by atoms with E-state index in [1.165, 1.54) is 0 Å². The second kappa shape index (κ2) is 6.75. The molecule has 0 N–H and O–H groups in total. The van der Waals surface area contributed by atoms with Gasteiger partial charge in [0.2, 0.25) is 5.91 Å². The Labute approximate surface area is 150 Å². The topological polar surface area (TPSA) is 38.8 Å². The molecule has 5 heteroatoms. The van der Waals surface area contributed by atoms with E-state index in [-0.39, 0.29) is 5.91 Å². The highest BCUT2D eigenvalue weighted by molar-refractivity contribution is 6.69. The molecule has 1 saturated heterocycles. The summed E-state index contributed by atoms with van der Waals surface area (Å²) in [7, 11) is -0.197. The first kappa shape index (κ1) is 17.9. The molecule has 0 radical (unpaired) electrons. The van der Waals surface area contributed by atoms with Crippen LogP contribution < -0.4 is 0 Å². The minimum absolute atomic E-state index is 0.0691. The van der Waals surface area contributed by atoms with Crippen molar-refractivity contribution in [3.8, 4) is 0 Å². The highest BCUT2D eigenvalue weighted by Crippen LogP contribution is 2.40. The quantitative estimate of drug-likeness (QED) is 0.762. The SMILES string of the molecule is CN1C(=O)C(c2ccccc2)OC1(Cc1ccccc1)O[Si](C)(C)C. The van der Waals surface area contributed by atoms with E-state index < -0.39 is 20.3 Å². The van der Waals surface area contributed by atoms with Gasteiger partial charge < -0.3 is 9.16 Å². The molecule has 0 saturated carbocycles. The van der Waals surface area contributed by atoms with E-state index in [1.807, 2.05) is 60.7 Å². The highest BCUT2D eigenvalue weighted by atomic mass is 28.4. The Bertz CT molecular complexity index is 730. The molecule has 25 heavy (non-hydrogen) atoms. The number of amides is 1. The van der Waals surface area contributed by atoms with Crippen molar-refractivity contribution in [3.05, 3.63) is 71.8 Å². The number of carbonyl (C=O) groups excluding carboxylic acids is 1. The van der Waals surface area contributed by atoms with Crippen molar-refractivity contribution in [1.82, 2.24) is 4.90 Å². The molecule has 132 valence electrons. The number of hydrogen-bond donors (Lipinski definition) is 0. The molecule has 2 aromatic rings. The Morgan fingerprint density at radius 1 is 1.04 bits per heavy atom. The largest absolute Gasteiger partial charge is 0.374 e. The molecule has 2 unspecified atom stereocenters. The van der Waals surface area contributed by atoms with Crippen molar-refractivity contribution >= 4 is 14.2 Å². The van der Waals surface area contributed by atoms with Gasteiger partial charge in [-0.05, 0) is 30.8 Å². The third-order valence-corrected chi connectivity index (χ3v) is 5.14. The first-order chi connectivity index (χ1) is 11.8. The molecule has 0 bridgehead atoms. The number of hydrogen-bond acceptors (Lipinski definition) is 3. The maximum Gasteiger partial charge on any atom is 0.260 e. The zero-order valence-electron chi connectivity index (χ0n) is 15.2. The standard InChI is InChI=1S/C20H25NO3Si/c1-21-19(22)18(17-13-9-6-10-14-17)23-20(21,24-25(2,3)4)15-16-11-7-5-8-12-16/h5-14,18H,15H2,1-4H3. The molecule has 1 amide bonds. The Balaban J connectivity index is 1.98. The van der Waals surface area contributed by atoms with Crippen LogP contribution in [0.2, 0.25) is 19.6 Å².